The quantitative estimate of drug-likeness (QED) is 0.511. The topological polar surface area (TPSA) is 0 Å². The molecular formula is C16H22S3. The van der Waals surface area contributed by atoms with Crippen LogP contribution in [0.5, 0.6) is 0 Å². The number of allylic oxidation sites excluding steroid dienone is 4. The van der Waals surface area contributed by atoms with Gasteiger partial charge in [0, 0.05) is 19.9 Å². The van der Waals surface area contributed by atoms with E-state index in [1.807, 2.05) is 34.9 Å². The predicted octanol–water partition coefficient (Wildman–Crippen LogP) is 6.75. The van der Waals surface area contributed by atoms with E-state index in [4.69, 9.17) is 0 Å². The normalized spacial score (nSPS) is 14.6. The van der Waals surface area contributed by atoms with E-state index in [2.05, 4.69) is 68.9 Å². The van der Waals surface area contributed by atoms with Crippen LogP contribution in [0.2, 0.25) is 0 Å². The lowest BCUT2D eigenvalue weighted by Gasteiger charge is -2.09. The van der Waals surface area contributed by atoms with E-state index in [0.29, 0.717) is 5.25 Å². The van der Waals surface area contributed by atoms with Crippen LogP contribution < -0.4 is 0 Å². The van der Waals surface area contributed by atoms with E-state index in [1.54, 1.807) is 0 Å². The molecule has 0 bridgehead atoms. The first-order valence-corrected chi connectivity index (χ1v) is 9.48. The highest BCUT2D eigenvalue weighted by Crippen LogP contribution is 2.40. The molecule has 1 rings (SSSR count). The summed E-state index contributed by atoms with van der Waals surface area (Å²) in [6.07, 6.45) is 11.8. The molecule has 0 saturated carbocycles. The summed E-state index contributed by atoms with van der Waals surface area (Å²) in [7, 11) is 0. The molecule has 0 fully saturated rings. The highest BCUT2D eigenvalue weighted by Gasteiger charge is 2.12. The Bertz CT molecular complexity index is 452. The van der Waals surface area contributed by atoms with Crippen LogP contribution in [-0.4, -0.2) is 6.26 Å². The van der Waals surface area contributed by atoms with Crippen LogP contribution in [-0.2, 0) is 0 Å². The van der Waals surface area contributed by atoms with Gasteiger partial charge in [0.15, 0.2) is 0 Å². The molecule has 1 aromatic heterocycles. The van der Waals surface area contributed by atoms with Crippen molar-refractivity contribution >= 4 is 39.8 Å². The highest BCUT2D eigenvalue weighted by molar-refractivity contribution is 8.07. The van der Waals surface area contributed by atoms with Crippen molar-refractivity contribution in [2.75, 3.05) is 6.26 Å². The van der Waals surface area contributed by atoms with Gasteiger partial charge in [0.05, 0.1) is 0 Å². The Balaban J connectivity index is 2.90. The summed E-state index contributed by atoms with van der Waals surface area (Å²) in [6, 6.07) is 4.54. The Morgan fingerprint density at radius 2 is 2.11 bits per heavy atom. The molecule has 0 aliphatic heterocycles. The van der Waals surface area contributed by atoms with Gasteiger partial charge in [0.2, 0.25) is 0 Å². The molecule has 3 heteroatoms. The van der Waals surface area contributed by atoms with Crippen LogP contribution in [0.4, 0.5) is 0 Å². The average molecular weight is 311 g/mol. The fourth-order valence-electron chi connectivity index (χ4n) is 1.63. The fraction of sp³-hybridized carbons (Fsp3) is 0.375. The summed E-state index contributed by atoms with van der Waals surface area (Å²) >= 11 is 5.65. The molecule has 1 atom stereocenters. The predicted molar refractivity (Wildman–Crippen MR) is 96.1 cm³/mol. The molecule has 0 aromatic carbocycles. The number of thiophene rings is 1. The van der Waals surface area contributed by atoms with Gasteiger partial charge in [-0.05, 0) is 50.1 Å². The maximum absolute atomic E-state index is 2.28. The van der Waals surface area contributed by atoms with Gasteiger partial charge in [-0.2, -0.15) is 0 Å². The molecule has 1 aromatic rings. The van der Waals surface area contributed by atoms with E-state index < -0.39 is 0 Å². The van der Waals surface area contributed by atoms with E-state index >= 15 is 0 Å². The zero-order valence-electron chi connectivity index (χ0n) is 12.1. The maximum atomic E-state index is 2.28. The second-order valence-electron chi connectivity index (χ2n) is 3.97. The summed E-state index contributed by atoms with van der Waals surface area (Å²) in [5, 5.41) is 2.78. The minimum atomic E-state index is 0.583. The third-order valence-electron chi connectivity index (χ3n) is 2.60. The molecule has 104 valence electrons. The molecular weight excluding hydrogens is 288 g/mol. The molecule has 0 N–H and O–H groups in total. The Morgan fingerprint density at radius 3 is 2.68 bits per heavy atom. The number of thioether (sulfide) groups is 2. The largest absolute Gasteiger partial charge is 0.139 e. The molecule has 0 saturated heterocycles. The van der Waals surface area contributed by atoms with Gasteiger partial charge in [-0.15, -0.1) is 34.9 Å². The second kappa shape index (κ2) is 9.51. The maximum Gasteiger partial charge on any atom is 0.0430 e. The van der Waals surface area contributed by atoms with E-state index in [0.717, 1.165) is 0 Å². The van der Waals surface area contributed by atoms with Gasteiger partial charge < -0.3 is 0 Å². The summed E-state index contributed by atoms with van der Waals surface area (Å²) in [5.41, 5.74) is 0. The first-order valence-electron chi connectivity index (χ1n) is 6.50. The zero-order chi connectivity index (χ0) is 14.1. The van der Waals surface area contributed by atoms with Crippen molar-refractivity contribution in [2.45, 2.75) is 32.4 Å². The van der Waals surface area contributed by atoms with Crippen molar-refractivity contribution < 1.29 is 0 Å². The first-order chi connectivity index (χ1) is 9.26. The number of hydrogen-bond acceptors (Lipinski definition) is 3. The van der Waals surface area contributed by atoms with E-state index in [1.165, 1.54) is 21.1 Å². The Hall–Kier alpha value is -0.380. The van der Waals surface area contributed by atoms with Crippen LogP contribution in [0.1, 0.15) is 42.2 Å². The van der Waals surface area contributed by atoms with E-state index in [-0.39, 0.29) is 0 Å². The molecule has 1 heterocycles. The standard InChI is InChI=1S/C16H22S3/c1-5-8-9-14(17-4)16-11-10-15(19-16)13(7-3)18-12-6-2/h5-6,8-13H,7H2,1-4H3/b8-5+,12-6+,14-9-. The molecule has 0 aliphatic rings. The molecule has 0 radical (unpaired) electrons. The Kier molecular flexibility index (Phi) is 8.35. The SMILES string of the molecule is C/C=C/C=C(\SC)c1ccc(C(CC)S/C=C/C)s1. The molecule has 19 heavy (non-hydrogen) atoms. The van der Waals surface area contributed by atoms with Crippen LogP contribution >= 0.6 is 34.9 Å². The minimum Gasteiger partial charge on any atom is -0.139 e. The van der Waals surface area contributed by atoms with Crippen LogP contribution in [0.15, 0.2) is 41.8 Å². The van der Waals surface area contributed by atoms with Crippen molar-refractivity contribution in [1.29, 1.82) is 0 Å². The summed E-state index contributed by atoms with van der Waals surface area (Å²) < 4.78 is 0. The van der Waals surface area contributed by atoms with Crippen molar-refractivity contribution in [3.05, 3.63) is 51.6 Å². The van der Waals surface area contributed by atoms with Crippen molar-refractivity contribution in [3.63, 3.8) is 0 Å². The first kappa shape index (κ1) is 16.7. The highest BCUT2D eigenvalue weighted by atomic mass is 32.2. The average Bonchev–Trinajstić information content (AvgIpc) is 2.90. The monoisotopic (exact) mass is 310 g/mol. The Labute approximate surface area is 130 Å². The summed E-state index contributed by atoms with van der Waals surface area (Å²) in [6.45, 7) is 6.38. The smallest absolute Gasteiger partial charge is 0.0430 e. The minimum absolute atomic E-state index is 0.583. The van der Waals surface area contributed by atoms with Gasteiger partial charge >= 0.3 is 0 Å². The van der Waals surface area contributed by atoms with Crippen LogP contribution in [0.25, 0.3) is 4.91 Å². The Morgan fingerprint density at radius 1 is 1.32 bits per heavy atom. The lowest BCUT2D eigenvalue weighted by atomic mass is 10.3. The van der Waals surface area contributed by atoms with Gasteiger partial charge in [0.25, 0.3) is 0 Å². The fourth-order valence-corrected chi connectivity index (χ4v) is 4.55. The molecule has 0 spiro atoms. The van der Waals surface area contributed by atoms with Crippen molar-refractivity contribution in [1.82, 2.24) is 0 Å². The van der Waals surface area contributed by atoms with Gasteiger partial charge in [-0.25, -0.2) is 0 Å². The molecule has 0 aliphatic carbocycles. The van der Waals surface area contributed by atoms with Crippen LogP contribution in [0, 0.1) is 0 Å². The lowest BCUT2D eigenvalue weighted by Crippen LogP contribution is -1.85. The summed E-state index contributed by atoms with van der Waals surface area (Å²) in [4.78, 5) is 4.20. The molecule has 1 unspecified atom stereocenters. The molecule has 0 nitrogen and oxygen atoms in total. The summed E-state index contributed by atoms with van der Waals surface area (Å²) in [5.74, 6) is 0. The molecule has 0 amide bonds. The van der Waals surface area contributed by atoms with Gasteiger partial charge in [-0.3, -0.25) is 0 Å². The van der Waals surface area contributed by atoms with E-state index in [9.17, 15) is 0 Å². The lowest BCUT2D eigenvalue weighted by molar-refractivity contribution is 0.917. The van der Waals surface area contributed by atoms with Crippen molar-refractivity contribution in [3.8, 4) is 0 Å². The third-order valence-corrected chi connectivity index (χ3v) is 6.25. The number of rotatable bonds is 7. The van der Waals surface area contributed by atoms with Gasteiger partial charge in [0.1, 0.15) is 0 Å². The zero-order valence-corrected chi connectivity index (χ0v) is 14.5. The van der Waals surface area contributed by atoms with Crippen molar-refractivity contribution in [2.24, 2.45) is 0 Å². The third kappa shape index (κ3) is 5.25. The number of hydrogen-bond donors (Lipinski definition) is 0. The second-order valence-corrected chi connectivity index (χ2v) is 7.04. The van der Waals surface area contributed by atoms with Crippen LogP contribution in [0.3, 0.4) is 0 Å². The van der Waals surface area contributed by atoms with Gasteiger partial charge in [-0.1, -0.05) is 25.2 Å².